The Labute approximate surface area is 218 Å². The molecule has 3 nitrogen and oxygen atoms in total. The van der Waals surface area contributed by atoms with Gasteiger partial charge in [0.05, 0.1) is 6.61 Å². The van der Waals surface area contributed by atoms with Crippen LogP contribution in [0.4, 0.5) is 0 Å². The Bertz CT molecular complexity index is 626. The van der Waals surface area contributed by atoms with E-state index in [4.69, 9.17) is 4.74 Å². The first-order valence-corrected chi connectivity index (χ1v) is 15.3. The van der Waals surface area contributed by atoms with Gasteiger partial charge in [-0.2, -0.15) is 0 Å². The van der Waals surface area contributed by atoms with Crippen molar-refractivity contribution in [3.8, 4) is 17.2 Å². The molecule has 204 valence electrons. The van der Waals surface area contributed by atoms with Gasteiger partial charge in [0.1, 0.15) is 0 Å². The Morgan fingerprint density at radius 1 is 0.543 bits per heavy atom. The highest BCUT2D eigenvalue weighted by molar-refractivity contribution is 5.58. The van der Waals surface area contributed by atoms with Crippen molar-refractivity contribution in [2.75, 3.05) is 6.61 Å². The van der Waals surface area contributed by atoms with Gasteiger partial charge in [-0.3, -0.25) is 0 Å². The molecule has 0 radical (unpaired) electrons. The summed E-state index contributed by atoms with van der Waals surface area (Å²) in [4.78, 5) is 0. The van der Waals surface area contributed by atoms with Crippen molar-refractivity contribution in [1.82, 2.24) is 0 Å². The molecule has 3 heteroatoms. The summed E-state index contributed by atoms with van der Waals surface area (Å²) in [5, 5.41) is 21.2. The van der Waals surface area contributed by atoms with Gasteiger partial charge in [0.2, 0.25) is 5.75 Å². The van der Waals surface area contributed by atoms with Crippen LogP contribution < -0.4 is 4.74 Å². The predicted octanol–water partition coefficient (Wildman–Crippen LogP) is 10.4. The third-order valence-corrected chi connectivity index (χ3v) is 7.25. The van der Waals surface area contributed by atoms with Crippen LogP contribution in [-0.2, 0) is 12.8 Å². The second-order valence-electron chi connectivity index (χ2n) is 10.6. The van der Waals surface area contributed by atoms with E-state index in [0.717, 1.165) is 44.1 Å². The monoisotopic (exact) mass is 490 g/mol. The molecule has 0 amide bonds. The van der Waals surface area contributed by atoms with Gasteiger partial charge < -0.3 is 14.9 Å². The molecule has 0 bridgehead atoms. The summed E-state index contributed by atoms with van der Waals surface area (Å²) in [6, 6.07) is 1.81. The van der Waals surface area contributed by atoms with Crippen LogP contribution in [0.2, 0.25) is 0 Å². The molecular weight excluding hydrogens is 432 g/mol. The van der Waals surface area contributed by atoms with Gasteiger partial charge in [-0.15, -0.1) is 0 Å². The molecule has 0 aromatic heterocycles. The van der Waals surface area contributed by atoms with E-state index in [-0.39, 0.29) is 11.5 Å². The minimum absolute atomic E-state index is 0.0239. The lowest BCUT2D eigenvalue weighted by Crippen LogP contribution is -2.05. The zero-order valence-electron chi connectivity index (χ0n) is 23.6. The van der Waals surface area contributed by atoms with E-state index in [2.05, 4.69) is 20.8 Å². The zero-order chi connectivity index (χ0) is 25.6. The number of hydrogen-bond acceptors (Lipinski definition) is 3. The van der Waals surface area contributed by atoms with Crippen LogP contribution in [0.15, 0.2) is 6.07 Å². The molecule has 0 heterocycles. The summed E-state index contributed by atoms with van der Waals surface area (Å²) in [7, 11) is 0. The van der Waals surface area contributed by atoms with Gasteiger partial charge in [-0.25, -0.2) is 0 Å². The third kappa shape index (κ3) is 14.7. The average molecular weight is 491 g/mol. The Morgan fingerprint density at radius 3 is 1.49 bits per heavy atom. The van der Waals surface area contributed by atoms with Crippen molar-refractivity contribution in [3.63, 3.8) is 0 Å². The lowest BCUT2D eigenvalue weighted by molar-refractivity contribution is 0.279. The van der Waals surface area contributed by atoms with E-state index < -0.39 is 0 Å². The fourth-order valence-corrected chi connectivity index (χ4v) is 4.97. The van der Waals surface area contributed by atoms with Crippen LogP contribution in [0, 0.1) is 0 Å². The van der Waals surface area contributed by atoms with Crippen LogP contribution in [-0.4, -0.2) is 16.8 Å². The molecule has 1 aromatic carbocycles. The number of unbranched alkanes of at least 4 members (excludes halogenated alkanes) is 17. The summed E-state index contributed by atoms with van der Waals surface area (Å²) < 4.78 is 6.17. The van der Waals surface area contributed by atoms with Crippen molar-refractivity contribution >= 4 is 0 Å². The smallest absolute Gasteiger partial charge is 0.200 e. The standard InChI is InChI=1S/C32H58O3/c1-4-7-10-13-16-18-21-24-28-27-30(33)31(34)32(35-26-23-20-15-12-9-6-3)29(28)25-22-19-17-14-11-8-5-2/h27,33-34H,4-26H2,1-3H3. The Kier molecular flexibility index (Phi) is 19.8. The molecule has 0 saturated carbocycles. The van der Waals surface area contributed by atoms with Gasteiger partial charge in [0.25, 0.3) is 0 Å². The second kappa shape index (κ2) is 21.9. The van der Waals surface area contributed by atoms with Gasteiger partial charge in [-0.1, -0.05) is 130 Å². The van der Waals surface area contributed by atoms with E-state index in [1.54, 1.807) is 6.07 Å². The first-order chi connectivity index (χ1) is 17.2. The summed E-state index contributed by atoms with van der Waals surface area (Å²) >= 11 is 0. The minimum Gasteiger partial charge on any atom is -0.504 e. The molecule has 0 atom stereocenters. The molecule has 0 aliphatic heterocycles. The van der Waals surface area contributed by atoms with E-state index in [1.165, 1.54) is 108 Å². The van der Waals surface area contributed by atoms with Crippen molar-refractivity contribution in [2.24, 2.45) is 0 Å². The predicted molar refractivity (Wildman–Crippen MR) is 152 cm³/mol. The second-order valence-corrected chi connectivity index (χ2v) is 10.6. The summed E-state index contributed by atoms with van der Waals surface area (Å²) in [6.45, 7) is 7.38. The van der Waals surface area contributed by atoms with Crippen LogP contribution in [0.1, 0.15) is 160 Å². The fraction of sp³-hybridized carbons (Fsp3) is 0.812. The largest absolute Gasteiger partial charge is 0.504 e. The summed E-state index contributed by atoms with van der Waals surface area (Å²) in [5.74, 6) is 0.476. The summed E-state index contributed by atoms with van der Waals surface area (Å²) in [6.07, 6.45) is 27.0. The van der Waals surface area contributed by atoms with Gasteiger partial charge in [0.15, 0.2) is 11.5 Å². The quantitative estimate of drug-likeness (QED) is 0.112. The van der Waals surface area contributed by atoms with E-state index >= 15 is 0 Å². The van der Waals surface area contributed by atoms with Crippen molar-refractivity contribution in [3.05, 3.63) is 17.2 Å². The van der Waals surface area contributed by atoms with Crippen LogP contribution in [0.25, 0.3) is 0 Å². The van der Waals surface area contributed by atoms with E-state index in [0.29, 0.717) is 12.4 Å². The molecule has 0 fully saturated rings. The average Bonchev–Trinajstić information content (AvgIpc) is 2.86. The minimum atomic E-state index is -0.0581. The number of ether oxygens (including phenoxy) is 1. The number of phenols is 2. The number of aryl methyl sites for hydroxylation is 1. The maximum atomic E-state index is 10.7. The first-order valence-electron chi connectivity index (χ1n) is 15.3. The molecule has 0 aliphatic rings. The molecule has 0 aliphatic carbocycles. The topological polar surface area (TPSA) is 49.7 Å². The van der Waals surface area contributed by atoms with E-state index in [1.807, 2.05) is 0 Å². The van der Waals surface area contributed by atoms with Crippen molar-refractivity contribution in [2.45, 2.75) is 162 Å². The summed E-state index contributed by atoms with van der Waals surface area (Å²) in [5.41, 5.74) is 2.32. The molecule has 35 heavy (non-hydrogen) atoms. The van der Waals surface area contributed by atoms with Crippen LogP contribution >= 0.6 is 0 Å². The van der Waals surface area contributed by atoms with Gasteiger partial charge in [0, 0.05) is 5.56 Å². The number of benzene rings is 1. The van der Waals surface area contributed by atoms with Crippen LogP contribution in [0.5, 0.6) is 17.2 Å². The van der Waals surface area contributed by atoms with Crippen LogP contribution in [0.3, 0.4) is 0 Å². The highest BCUT2D eigenvalue weighted by Gasteiger charge is 2.19. The lowest BCUT2D eigenvalue weighted by atomic mass is 9.94. The zero-order valence-corrected chi connectivity index (χ0v) is 23.6. The van der Waals surface area contributed by atoms with Crippen molar-refractivity contribution in [1.29, 1.82) is 0 Å². The van der Waals surface area contributed by atoms with E-state index in [9.17, 15) is 10.2 Å². The SMILES string of the molecule is CCCCCCCCCc1cc(O)c(O)c(OCCCCCCCC)c1CCCCCCCCC. The van der Waals surface area contributed by atoms with Crippen molar-refractivity contribution < 1.29 is 14.9 Å². The highest BCUT2D eigenvalue weighted by Crippen LogP contribution is 2.42. The molecular formula is C32H58O3. The molecule has 1 rings (SSSR count). The fourth-order valence-electron chi connectivity index (χ4n) is 4.97. The van der Waals surface area contributed by atoms with Gasteiger partial charge in [-0.05, 0) is 43.7 Å². The molecule has 0 saturated heterocycles. The molecule has 2 N–H and O–H groups in total. The third-order valence-electron chi connectivity index (χ3n) is 7.25. The first kappa shape index (κ1) is 31.6. The Morgan fingerprint density at radius 2 is 0.971 bits per heavy atom. The van der Waals surface area contributed by atoms with Gasteiger partial charge >= 0.3 is 0 Å². The molecule has 0 unspecified atom stereocenters. The number of aromatic hydroxyl groups is 2. The number of phenolic OH excluding ortho intramolecular Hbond substituents is 2. The molecule has 1 aromatic rings. The lowest BCUT2D eigenvalue weighted by Gasteiger charge is -2.18. The Hall–Kier alpha value is -1.38. The number of rotatable bonds is 24. The normalized spacial score (nSPS) is 11.3. The Balaban J connectivity index is 2.72. The maximum Gasteiger partial charge on any atom is 0.200 e. The highest BCUT2D eigenvalue weighted by atomic mass is 16.5. The molecule has 0 spiro atoms. The maximum absolute atomic E-state index is 10.7. The number of hydrogen-bond donors (Lipinski definition) is 2.